The minimum atomic E-state index is -0.372. The number of rotatable bonds is 1. The molecule has 1 saturated carbocycles. The average Bonchev–Trinajstić information content (AvgIpc) is 2.03. The molecule has 0 spiro atoms. The minimum Gasteiger partial charge on any atom is -0.348 e. The largest absolute Gasteiger partial charge is 0.348 e. The van der Waals surface area contributed by atoms with Gasteiger partial charge in [0.25, 0.3) is 0 Å². The smallest absolute Gasteiger partial charge is 0.232 e. The normalized spacial score (nSPS) is 28.7. The summed E-state index contributed by atoms with van der Waals surface area (Å²) in [5.41, 5.74) is 0. The number of carbonyl (C=O) groups excluding carboxylic acids is 2. The number of amides is 1. The van der Waals surface area contributed by atoms with Crippen molar-refractivity contribution in [3.63, 3.8) is 0 Å². The molecule has 3 heteroatoms. The van der Waals surface area contributed by atoms with E-state index < -0.39 is 0 Å². The number of ketones is 1. The quantitative estimate of drug-likeness (QED) is 0.570. The fraction of sp³-hybridized carbons (Fsp3) is 0.800. The molecule has 0 heterocycles. The number of hydrogen-bond acceptors (Lipinski definition) is 2. The van der Waals surface area contributed by atoms with Gasteiger partial charge in [0.2, 0.25) is 5.91 Å². The maximum atomic E-state index is 11.6. The van der Waals surface area contributed by atoms with Crippen LogP contribution in [-0.2, 0) is 9.59 Å². The zero-order valence-electron chi connectivity index (χ0n) is 8.54. The van der Waals surface area contributed by atoms with Crippen LogP contribution in [0.25, 0.3) is 0 Å². The molecule has 74 valence electrons. The predicted molar refractivity (Wildman–Crippen MR) is 50.2 cm³/mol. The molecule has 1 aliphatic rings. The molecule has 1 rings (SSSR count). The second-order valence-electron chi connectivity index (χ2n) is 4.05. The van der Waals surface area contributed by atoms with Gasteiger partial charge in [-0.15, -0.1) is 0 Å². The maximum absolute atomic E-state index is 11.6. The summed E-state index contributed by atoms with van der Waals surface area (Å²) in [6.45, 7) is 1.99. The first-order chi connectivity index (χ1) is 6.04. The highest BCUT2D eigenvalue weighted by atomic mass is 16.2. The molecule has 0 aromatic heterocycles. The van der Waals surface area contributed by atoms with E-state index in [1.54, 1.807) is 14.1 Å². The van der Waals surface area contributed by atoms with E-state index in [2.05, 4.69) is 0 Å². The third kappa shape index (κ3) is 2.08. The second kappa shape index (κ2) is 3.90. The molecule has 1 amide bonds. The van der Waals surface area contributed by atoms with Gasteiger partial charge in [-0.3, -0.25) is 9.59 Å². The Balaban J connectivity index is 2.74. The molecule has 1 aliphatic carbocycles. The van der Waals surface area contributed by atoms with Crippen LogP contribution in [0.2, 0.25) is 0 Å². The Hall–Kier alpha value is -0.860. The summed E-state index contributed by atoms with van der Waals surface area (Å²) < 4.78 is 0. The number of carbonyl (C=O) groups is 2. The predicted octanol–water partition coefficient (Wildman–Crippen LogP) is 1.08. The van der Waals surface area contributed by atoms with Crippen LogP contribution >= 0.6 is 0 Å². The third-order valence-corrected chi connectivity index (χ3v) is 2.71. The second-order valence-corrected chi connectivity index (χ2v) is 4.05. The zero-order valence-corrected chi connectivity index (χ0v) is 8.54. The van der Waals surface area contributed by atoms with Crippen LogP contribution in [-0.4, -0.2) is 30.7 Å². The Morgan fingerprint density at radius 1 is 1.46 bits per heavy atom. The Bertz CT molecular complexity index is 223. The monoisotopic (exact) mass is 183 g/mol. The molecule has 1 fully saturated rings. The lowest BCUT2D eigenvalue weighted by Crippen LogP contribution is -2.40. The molecular weight excluding hydrogens is 166 g/mol. The summed E-state index contributed by atoms with van der Waals surface area (Å²) >= 11 is 0. The molecule has 0 bridgehead atoms. The van der Waals surface area contributed by atoms with Gasteiger partial charge in [-0.2, -0.15) is 0 Å². The first-order valence-corrected chi connectivity index (χ1v) is 4.78. The van der Waals surface area contributed by atoms with Crippen molar-refractivity contribution < 1.29 is 9.59 Å². The van der Waals surface area contributed by atoms with Gasteiger partial charge in [0.05, 0.1) is 5.92 Å². The summed E-state index contributed by atoms with van der Waals surface area (Å²) in [7, 11) is 3.41. The highest BCUT2D eigenvalue weighted by molar-refractivity contribution is 6.01. The van der Waals surface area contributed by atoms with Crippen molar-refractivity contribution >= 4 is 11.7 Å². The molecule has 13 heavy (non-hydrogen) atoms. The van der Waals surface area contributed by atoms with Crippen molar-refractivity contribution in [3.05, 3.63) is 0 Å². The summed E-state index contributed by atoms with van der Waals surface area (Å²) in [6, 6.07) is 0. The standard InChI is InChI=1S/C10H17NO2/c1-7-5-4-6-8(12)9(7)10(13)11(2)3/h7,9H,4-6H2,1-3H3/t7-,9+/m0/s1. The van der Waals surface area contributed by atoms with E-state index in [0.717, 1.165) is 12.8 Å². The highest BCUT2D eigenvalue weighted by Gasteiger charge is 2.35. The molecule has 0 radical (unpaired) electrons. The molecule has 0 N–H and O–H groups in total. The van der Waals surface area contributed by atoms with Gasteiger partial charge in [-0.1, -0.05) is 6.92 Å². The fourth-order valence-corrected chi connectivity index (χ4v) is 1.90. The number of nitrogens with zero attached hydrogens (tertiary/aromatic N) is 1. The highest BCUT2D eigenvalue weighted by Crippen LogP contribution is 2.27. The molecule has 0 aromatic rings. The summed E-state index contributed by atoms with van der Waals surface area (Å²) in [4.78, 5) is 24.6. The Labute approximate surface area is 79.1 Å². The minimum absolute atomic E-state index is 0.0304. The van der Waals surface area contributed by atoms with Crippen molar-refractivity contribution in [1.82, 2.24) is 4.90 Å². The molecule has 3 nitrogen and oxygen atoms in total. The molecule has 2 atom stereocenters. The van der Waals surface area contributed by atoms with Crippen LogP contribution in [0, 0.1) is 11.8 Å². The van der Waals surface area contributed by atoms with E-state index >= 15 is 0 Å². The lowest BCUT2D eigenvalue weighted by atomic mass is 9.79. The molecule has 0 saturated heterocycles. The van der Waals surface area contributed by atoms with E-state index in [-0.39, 0.29) is 23.5 Å². The maximum Gasteiger partial charge on any atom is 0.232 e. The van der Waals surface area contributed by atoms with Crippen molar-refractivity contribution in [2.24, 2.45) is 11.8 Å². The van der Waals surface area contributed by atoms with Crippen LogP contribution in [0.5, 0.6) is 0 Å². The molecule has 0 unspecified atom stereocenters. The Kier molecular flexibility index (Phi) is 3.07. The van der Waals surface area contributed by atoms with Gasteiger partial charge >= 0.3 is 0 Å². The topological polar surface area (TPSA) is 37.4 Å². The van der Waals surface area contributed by atoms with Crippen molar-refractivity contribution in [3.8, 4) is 0 Å². The van der Waals surface area contributed by atoms with Crippen molar-refractivity contribution in [2.45, 2.75) is 26.2 Å². The Morgan fingerprint density at radius 3 is 2.54 bits per heavy atom. The summed E-state index contributed by atoms with van der Waals surface area (Å²) in [5.74, 6) is -0.0606. The van der Waals surface area contributed by atoms with Crippen LogP contribution in [0.15, 0.2) is 0 Å². The van der Waals surface area contributed by atoms with Crippen molar-refractivity contribution in [1.29, 1.82) is 0 Å². The van der Waals surface area contributed by atoms with Gasteiger partial charge in [0.15, 0.2) is 0 Å². The van der Waals surface area contributed by atoms with Gasteiger partial charge in [-0.25, -0.2) is 0 Å². The van der Waals surface area contributed by atoms with E-state index in [9.17, 15) is 9.59 Å². The van der Waals surface area contributed by atoms with Crippen LogP contribution < -0.4 is 0 Å². The summed E-state index contributed by atoms with van der Waals surface area (Å²) in [5, 5.41) is 0. The number of Topliss-reactive ketones (excluding diaryl/α,β-unsaturated/α-hetero) is 1. The van der Waals surface area contributed by atoms with E-state index in [4.69, 9.17) is 0 Å². The lowest BCUT2D eigenvalue weighted by Gasteiger charge is -2.28. The SMILES string of the molecule is C[C@H]1CCCC(=O)[C@@H]1C(=O)N(C)C. The fourth-order valence-electron chi connectivity index (χ4n) is 1.90. The van der Waals surface area contributed by atoms with Crippen molar-refractivity contribution in [2.75, 3.05) is 14.1 Å². The van der Waals surface area contributed by atoms with Gasteiger partial charge in [0.1, 0.15) is 5.78 Å². The lowest BCUT2D eigenvalue weighted by molar-refractivity contribution is -0.143. The van der Waals surface area contributed by atoms with E-state index in [0.29, 0.717) is 6.42 Å². The van der Waals surface area contributed by atoms with Crippen LogP contribution in [0.1, 0.15) is 26.2 Å². The van der Waals surface area contributed by atoms with Crippen LogP contribution in [0.4, 0.5) is 0 Å². The first-order valence-electron chi connectivity index (χ1n) is 4.78. The van der Waals surface area contributed by atoms with Gasteiger partial charge < -0.3 is 4.90 Å². The van der Waals surface area contributed by atoms with Gasteiger partial charge in [-0.05, 0) is 18.8 Å². The van der Waals surface area contributed by atoms with Gasteiger partial charge in [0, 0.05) is 20.5 Å². The third-order valence-electron chi connectivity index (χ3n) is 2.71. The molecule has 0 aromatic carbocycles. The average molecular weight is 183 g/mol. The summed E-state index contributed by atoms with van der Waals surface area (Å²) in [6.07, 6.45) is 2.52. The zero-order chi connectivity index (χ0) is 10.0. The van der Waals surface area contributed by atoms with E-state index in [1.807, 2.05) is 6.92 Å². The first kappa shape index (κ1) is 10.2. The number of hydrogen-bond donors (Lipinski definition) is 0. The Morgan fingerprint density at radius 2 is 2.08 bits per heavy atom. The molecule has 0 aliphatic heterocycles. The molecular formula is C10H17NO2. The van der Waals surface area contributed by atoms with Crippen LogP contribution in [0.3, 0.4) is 0 Å². The van der Waals surface area contributed by atoms with E-state index in [1.165, 1.54) is 4.90 Å².